The molecule has 0 saturated carbocycles. The van der Waals surface area contributed by atoms with Gasteiger partial charge in [0.2, 0.25) is 15.9 Å². The van der Waals surface area contributed by atoms with Gasteiger partial charge < -0.3 is 5.32 Å². The summed E-state index contributed by atoms with van der Waals surface area (Å²) in [5.74, 6) is -0.132. The van der Waals surface area contributed by atoms with Crippen LogP contribution in [0.5, 0.6) is 0 Å². The zero-order chi connectivity index (χ0) is 16.2. The quantitative estimate of drug-likeness (QED) is 0.861. The van der Waals surface area contributed by atoms with Crippen molar-refractivity contribution in [3.8, 4) is 0 Å². The predicted octanol–water partition coefficient (Wildman–Crippen LogP) is 2.38. The lowest BCUT2D eigenvalue weighted by Crippen LogP contribution is -2.46. The number of nitrogens with zero attached hydrogens (tertiary/aromatic N) is 1. The van der Waals surface area contributed by atoms with Crippen molar-refractivity contribution in [2.75, 3.05) is 18.8 Å². The minimum atomic E-state index is -3.22. The van der Waals surface area contributed by atoms with Crippen molar-refractivity contribution in [2.45, 2.75) is 39.2 Å². The van der Waals surface area contributed by atoms with Gasteiger partial charge in [-0.25, -0.2) is 12.7 Å². The fourth-order valence-electron chi connectivity index (χ4n) is 2.74. The number of hydrogen-bond acceptors (Lipinski definition) is 4. The van der Waals surface area contributed by atoms with Crippen LogP contribution in [0.15, 0.2) is 17.5 Å². The fraction of sp³-hybridized carbons (Fsp3) is 0.667. The molecule has 2 unspecified atom stereocenters. The van der Waals surface area contributed by atoms with E-state index in [1.165, 1.54) is 4.31 Å². The predicted molar refractivity (Wildman–Crippen MR) is 89.3 cm³/mol. The number of nitrogens with one attached hydrogen (secondary N) is 1. The Bertz CT molecular complexity index is 584. The Balaban J connectivity index is 1.95. The molecular weight excluding hydrogens is 320 g/mol. The molecule has 2 atom stereocenters. The molecule has 1 N–H and O–H groups in total. The zero-order valence-corrected chi connectivity index (χ0v) is 14.8. The molecule has 2 heterocycles. The Morgan fingerprint density at radius 1 is 1.55 bits per heavy atom. The monoisotopic (exact) mass is 344 g/mol. The summed E-state index contributed by atoms with van der Waals surface area (Å²) in [6.07, 6.45) is 2.10. The van der Waals surface area contributed by atoms with Crippen LogP contribution >= 0.6 is 11.3 Å². The van der Waals surface area contributed by atoms with Crippen LogP contribution in [0.3, 0.4) is 0 Å². The molecule has 1 fully saturated rings. The van der Waals surface area contributed by atoms with Crippen LogP contribution < -0.4 is 5.32 Å². The maximum Gasteiger partial charge on any atom is 0.224 e. The van der Waals surface area contributed by atoms with Gasteiger partial charge in [-0.15, -0.1) is 11.3 Å². The maximum absolute atomic E-state index is 12.4. The van der Waals surface area contributed by atoms with Gasteiger partial charge in [-0.05, 0) is 37.6 Å². The van der Waals surface area contributed by atoms with Gasteiger partial charge in [0.05, 0.1) is 17.7 Å². The summed E-state index contributed by atoms with van der Waals surface area (Å²) in [4.78, 5) is 13.5. The topological polar surface area (TPSA) is 66.5 Å². The first-order chi connectivity index (χ1) is 10.4. The van der Waals surface area contributed by atoms with Crippen molar-refractivity contribution in [3.63, 3.8) is 0 Å². The van der Waals surface area contributed by atoms with Gasteiger partial charge in [-0.2, -0.15) is 0 Å². The minimum absolute atomic E-state index is 0.0323. The Hall–Kier alpha value is -0.920. The summed E-state index contributed by atoms with van der Waals surface area (Å²) in [5.41, 5.74) is 0. The van der Waals surface area contributed by atoms with E-state index in [9.17, 15) is 13.2 Å². The van der Waals surface area contributed by atoms with Crippen LogP contribution in [0, 0.1) is 5.92 Å². The standard InChI is InChI=1S/C15H24N2O3S2/c1-3-10-22(19,20)17-8-4-6-13(11-17)15(18)16-12(2)14-7-5-9-21-14/h5,7,9,12-13H,3-4,6,8,10-11H2,1-2H3,(H,16,18). The van der Waals surface area contributed by atoms with Gasteiger partial charge in [0.1, 0.15) is 0 Å². The lowest BCUT2D eigenvalue weighted by molar-refractivity contribution is -0.126. The molecule has 0 radical (unpaired) electrons. The molecule has 124 valence electrons. The third-order valence-corrected chi connectivity index (χ3v) is 7.04. The molecule has 22 heavy (non-hydrogen) atoms. The average molecular weight is 345 g/mol. The third-order valence-electron chi connectivity index (χ3n) is 3.94. The molecule has 1 saturated heterocycles. The highest BCUT2D eigenvalue weighted by Crippen LogP contribution is 2.23. The van der Waals surface area contributed by atoms with Crippen LogP contribution in [0.1, 0.15) is 44.0 Å². The maximum atomic E-state index is 12.4. The Morgan fingerprint density at radius 2 is 2.32 bits per heavy atom. The molecule has 0 spiro atoms. The van der Waals surface area contributed by atoms with E-state index in [4.69, 9.17) is 0 Å². The molecule has 5 nitrogen and oxygen atoms in total. The van der Waals surface area contributed by atoms with Crippen LogP contribution in [0.2, 0.25) is 0 Å². The van der Waals surface area contributed by atoms with Crippen molar-refractivity contribution in [2.24, 2.45) is 5.92 Å². The number of thiophene rings is 1. The highest BCUT2D eigenvalue weighted by molar-refractivity contribution is 7.89. The second-order valence-corrected chi connectivity index (χ2v) is 8.83. The normalized spacial score (nSPS) is 21.5. The lowest BCUT2D eigenvalue weighted by atomic mass is 9.98. The highest BCUT2D eigenvalue weighted by Gasteiger charge is 2.32. The zero-order valence-electron chi connectivity index (χ0n) is 13.1. The second kappa shape index (κ2) is 7.57. The number of carbonyl (C=O) groups excluding carboxylic acids is 1. The molecule has 1 aliphatic rings. The van der Waals surface area contributed by atoms with E-state index < -0.39 is 10.0 Å². The first-order valence-corrected chi connectivity index (χ1v) is 10.2. The van der Waals surface area contributed by atoms with E-state index in [0.717, 1.165) is 17.7 Å². The second-order valence-electron chi connectivity index (χ2n) is 5.76. The molecule has 2 rings (SSSR count). The average Bonchev–Trinajstić information content (AvgIpc) is 3.01. The molecule has 0 aliphatic carbocycles. The largest absolute Gasteiger partial charge is 0.348 e. The van der Waals surface area contributed by atoms with E-state index in [2.05, 4.69) is 5.32 Å². The van der Waals surface area contributed by atoms with Crippen molar-refractivity contribution in [3.05, 3.63) is 22.4 Å². The number of hydrogen-bond donors (Lipinski definition) is 1. The van der Waals surface area contributed by atoms with Gasteiger partial charge in [0.25, 0.3) is 0 Å². The summed E-state index contributed by atoms with van der Waals surface area (Å²) >= 11 is 1.61. The minimum Gasteiger partial charge on any atom is -0.348 e. The summed E-state index contributed by atoms with van der Waals surface area (Å²) < 4.78 is 25.8. The number of rotatable bonds is 6. The number of carbonyl (C=O) groups is 1. The first kappa shape index (κ1) is 17.4. The van der Waals surface area contributed by atoms with Crippen molar-refractivity contribution < 1.29 is 13.2 Å². The van der Waals surface area contributed by atoms with Crippen LogP contribution in [0.4, 0.5) is 0 Å². The smallest absolute Gasteiger partial charge is 0.224 e. The van der Waals surface area contributed by atoms with Gasteiger partial charge in [0.15, 0.2) is 0 Å². The SMILES string of the molecule is CCCS(=O)(=O)N1CCCC(C(=O)NC(C)c2cccs2)C1. The van der Waals surface area contributed by atoms with E-state index in [-0.39, 0.29) is 23.6 Å². The Morgan fingerprint density at radius 3 is 2.95 bits per heavy atom. The molecule has 0 aromatic carbocycles. The fourth-order valence-corrected chi connectivity index (χ4v) is 5.06. The van der Waals surface area contributed by atoms with E-state index in [0.29, 0.717) is 19.5 Å². The van der Waals surface area contributed by atoms with Gasteiger partial charge in [0, 0.05) is 18.0 Å². The summed E-state index contributed by atoms with van der Waals surface area (Å²) in [6.45, 7) is 4.66. The van der Waals surface area contributed by atoms with Crippen molar-refractivity contribution in [1.29, 1.82) is 0 Å². The van der Waals surface area contributed by atoms with E-state index in [1.54, 1.807) is 11.3 Å². The number of amides is 1. The van der Waals surface area contributed by atoms with E-state index >= 15 is 0 Å². The van der Waals surface area contributed by atoms with Crippen molar-refractivity contribution >= 4 is 27.3 Å². The molecule has 1 aromatic rings. The summed E-state index contributed by atoms with van der Waals surface area (Å²) in [7, 11) is -3.22. The first-order valence-electron chi connectivity index (χ1n) is 7.75. The van der Waals surface area contributed by atoms with E-state index in [1.807, 2.05) is 31.4 Å². The Labute approximate surface area is 136 Å². The van der Waals surface area contributed by atoms with Crippen molar-refractivity contribution in [1.82, 2.24) is 9.62 Å². The number of piperidine rings is 1. The highest BCUT2D eigenvalue weighted by atomic mass is 32.2. The van der Waals surface area contributed by atoms with Crippen LogP contribution in [0.25, 0.3) is 0 Å². The van der Waals surface area contributed by atoms with Gasteiger partial charge in [-0.1, -0.05) is 13.0 Å². The van der Waals surface area contributed by atoms with Crippen LogP contribution in [-0.2, 0) is 14.8 Å². The third kappa shape index (κ3) is 4.30. The number of sulfonamides is 1. The summed E-state index contributed by atoms with van der Waals surface area (Å²) in [5, 5.41) is 4.99. The van der Waals surface area contributed by atoms with Gasteiger partial charge >= 0.3 is 0 Å². The van der Waals surface area contributed by atoms with Crippen LogP contribution in [-0.4, -0.2) is 37.5 Å². The molecule has 7 heteroatoms. The lowest BCUT2D eigenvalue weighted by Gasteiger charge is -2.31. The molecule has 0 bridgehead atoms. The molecule has 1 amide bonds. The molecular formula is C15H24N2O3S2. The molecule has 1 aromatic heterocycles. The van der Waals surface area contributed by atoms with Gasteiger partial charge in [-0.3, -0.25) is 4.79 Å². The molecule has 1 aliphatic heterocycles. The summed E-state index contributed by atoms with van der Waals surface area (Å²) in [6, 6.07) is 3.92. The Kier molecular flexibility index (Phi) is 6.00.